The van der Waals surface area contributed by atoms with E-state index in [0.29, 0.717) is 18.9 Å². The molecule has 148 valence electrons. The first kappa shape index (κ1) is 23.1. The van der Waals surface area contributed by atoms with E-state index in [-0.39, 0.29) is 24.0 Å². The maximum atomic E-state index is 9.32. The summed E-state index contributed by atoms with van der Waals surface area (Å²) < 4.78 is 5.66. The first-order valence-corrected chi connectivity index (χ1v) is 9.23. The van der Waals surface area contributed by atoms with Crippen molar-refractivity contribution >= 4 is 29.9 Å². The van der Waals surface area contributed by atoms with Gasteiger partial charge in [0.25, 0.3) is 0 Å². The molecule has 6 heteroatoms. The van der Waals surface area contributed by atoms with E-state index in [9.17, 15) is 5.11 Å². The summed E-state index contributed by atoms with van der Waals surface area (Å²) in [6, 6.07) is 15.4. The van der Waals surface area contributed by atoms with Gasteiger partial charge in [-0.05, 0) is 50.5 Å². The van der Waals surface area contributed by atoms with Crippen LogP contribution in [0.2, 0.25) is 0 Å². The Bertz CT molecular complexity index is 690. The van der Waals surface area contributed by atoms with Gasteiger partial charge in [0.15, 0.2) is 5.96 Å². The molecule has 0 heterocycles. The van der Waals surface area contributed by atoms with Crippen LogP contribution >= 0.6 is 24.0 Å². The Kier molecular flexibility index (Phi) is 11.3. The number of aryl methyl sites for hydroxylation is 1. The molecular formula is C21H30IN3O2. The molecule has 0 fully saturated rings. The second-order valence-electron chi connectivity index (χ2n) is 5.93. The van der Waals surface area contributed by atoms with Gasteiger partial charge in [0, 0.05) is 18.7 Å². The lowest BCUT2D eigenvalue weighted by atomic mass is 10.1. The van der Waals surface area contributed by atoms with Crippen LogP contribution in [0.3, 0.4) is 0 Å². The largest absolute Gasteiger partial charge is 0.508 e. The van der Waals surface area contributed by atoms with Crippen LogP contribution in [0.15, 0.2) is 53.5 Å². The number of aromatic hydroxyl groups is 1. The predicted molar refractivity (Wildman–Crippen MR) is 122 cm³/mol. The third-order valence-electron chi connectivity index (χ3n) is 3.90. The lowest BCUT2D eigenvalue weighted by Gasteiger charge is -2.12. The van der Waals surface area contributed by atoms with Gasteiger partial charge < -0.3 is 20.5 Å². The number of benzene rings is 2. The molecule has 5 nitrogen and oxygen atoms in total. The molecule has 0 spiro atoms. The quantitative estimate of drug-likeness (QED) is 0.218. The van der Waals surface area contributed by atoms with Crippen molar-refractivity contribution in [1.82, 2.24) is 10.6 Å². The summed E-state index contributed by atoms with van der Waals surface area (Å²) in [6.45, 7) is 6.91. The number of aliphatic imine (C=N–C) groups is 1. The van der Waals surface area contributed by atoms with Crippen LogP contribution in [-0.2, 0) is 13.0 Å². The van der Waals surface area contributed by atoms with E-state index in [2.05, 4.69) is 22.5 Å². The zero-order valence-corrected chi connectivity index (χ0v) is 18.4. The Hall–Kier alpha value is -1.96. The summed E-state index contributed by atoms with van der Waals surface area (Å²) in [4.78, 5) is 4.66. The zero-order valence-electron chi connectivity index (χ0n) is 16.1. The minimum atomic E-state index is 0. The maximum Gasteiger partial charge on any atom is 0.191 e. The van der Waals surface area contributed by atoms with Gasteiger partial charge in [0.05, 0.1) is 13.2 Å². The Labute approximate surface area is 179 Å². The third kappa shape index (κ3) is 8.51. The second-order valence-corrected chi connectivity index (χ2v) is 5.93. The van der Waals surface area contributed by atoms with Crippen molar-refractivity contribution in [2.45, 2.75) is 33.2 Å². The Morgan fingerprint density at radius 2 is 1.78 bits per heavy atom. The number of phenols is 1. The standard InChI is InChI=1S/C21H29N3O2.HI/c1-3-22-21(23-15-7-8-17-11-13-19(25)14-12-17)24-16-18-9-5-6-10-20(18)26-4-2;/h5-6,9-14,25H,3-4,7-8,15-16H2,1-2H3,(H2,22,23,24);1H. The lowest BCUT2D eigenvalue weighted by molar-refractivity contribution is 0.336. The first-order chi connectivity index (χ1) is 12.7. The number of phenolic OH excluding ortho intramolecular Hbond substituents is 1. The molecule has 2 aromatic rings. The van der Waals surface area contributed by atoms with Crippen LogP contribution in [0.5, 0.6) is 11.5 Å². The molecule has 0 amide bonds. The van der Waals surface area contributed by atoms with Gasteiger partial charge in [-0.15, -0.1) is 24.0 Å². The first-order valence-electron chi connectivity index (χ1n) is 9.23. The highest BCUT2D eigenvalue weighted by Gasteiger charge is 2.03. The monoisotopic (exact) mass is 483 g/mol. The zero-order chi connectivity index (χ0) is 18.6. The lowest BCUT2D eigenvalue weighted by Crippen LogP contribution is -2.37. The highest BCUT2D eigenvalue weighted by molar-refractivity contribution is 14.0. The van der Waals surface area contributed by atoms with E-state index in [1.54, 1.807) is 12.1 Å². The molecule has 0 aromatic heterocycles. The van der Waals surface area contributed by atoms with Crippen LogP contribution in [0.1, 0.15) is 31.4 Å². The molecule has 0 unspecified atom stereocenters. The molecule has 0 atom stereocenters. The van der Waals surface area contributed by atoms with E-state index >= 15 is 0 Å². The van der Waals surface area contributed by atoms with Gasteiger partial charge in [0.2, 0.25) is 0 Å². The average molecular weight is 483 g/mol. The van der Waals surface area contributed by atoms with Crippen molar-refractivity contribution in [3.05, 3.63) is 59.7 Å². The normalized spacial score (nSPS) is 10.8. The highest BCUT2D eigenvalue weighted by Crippen LogP contribution is 2.18. The molecule has 2 rings (SSSR count). The van der Waals surface area contributed by atoms with Crippen molar-refractivity contribution in [3.8, 4) is 11.5 Å². The molecule has 2 aromatic carbocycles. The number of para-hydroxylation sites is 1. The summed E-state index contributed by atoms with van der Waals surface area (Å²) in [5.41, 5.74) is 2.30. The Morgan fingerprint density at radius 1 is 1.04 bits per heavy atom. The summed E-state index contributed by atoms with van der Waals surface area (Å²) in [5, 5.41) is 16.0. The molecule has 27 heavy (non-hydrogen) atoms. The van der Waals surface area contributed by atoms with Gasteiger partial charge >= 0.3 is 0 Å². The number of hydrogen-bond acceptors (Lipinski definition) is 3. The summed E-state index contributed by atoms with van der Waals surface area (Å²) in [6.07, 6.45) is 1.95. The van der Waals surface area contributed by atoms with Crippen LogP contribution in [-0.4, -0.2) is 30.8 Å². The van der Waals surface area contributed by atoms with Gasteiger partial charge in [-0.25, -0.2) is 4.99 Å². The predicted octanol–water partition coefficient (Wildman–Crippen LogP) is 4.10. The fraction of sp³-hybridized carbons (Fsp3) is 0.381. The molecule has 3 N–H and O–H groups in total. The maximum absolute atomic E-state index is 9.32. The molecule has 0 aliphatic carbocycles. The van der Waals surface area contributed by atoms with Gasteiger partial charge in [0.1, 0.15) is 11.5 Å². The minimum Gasteiger partial charge on any atom is -0.508 e. The van der Waals surface area contributed by atoms with Gasteiger partial charge in [-0.2, -0.15) is 0 Å². The number of nitrogens with one attached hydrogen (secondary N) is 2. The number of nitrogens with zero attached hydrogens (tertiary/aromatic N) is 1. The molecule has 0 radical (unpaired) electrons. The van der Waals surface area contributed by atoms with Crippen LogP contribution < -0.4 is 15.4 Å². The van der Waals surface area contributed by atoms with Crippen molar-refractivity contribution in [2.24, 2.45) is 4.99 Å². The Balaban J connectivity index is 0.00000364. The number of halogens is 1. The van der Waals surface area contributed by atoms with Crippen LogP contribution in [0, 0.1) is 0 Å². The number of rotatable bonds is 9. The van der Waals surface area contributed by atoms with Crippen LogP contribution in [0.25, 0.3) is 0 Å². The third-order valence-corrected chi connectivity index (χ3v) is 3.90. The van der Waals surface area contributed by atoms with E-state index in [1.807, 2.05) is 43.3 Å². The molecule has 0 aliphatic heterocycles. The van der Waals surface area contributed by atoms with E-state index < -0.39 is 0 Å². The molecule has 0 saturated heterocycles. The molecular weight excluding hydrogens is 453 g/mol. The summed E-state index contributed by atoms with van der Waals surface area (Å²) in [5.74, 6) is 2.01. The smallest absolute Gasteiger partial charge is 0.191 e. The summed E-state index contributed by atoms with van der Waals surface area (Å²) in [7, 11) is 0. The van der Waals surface area contributed by atoms with E-state index in [1.165, 1.54) is 5.56 Å². The fourth-order valence-electron chi connectivity index (χ4n) is 2.60. The minimum absolute atomic E-state index is 0. The number of hydrogen-bond donors (Lipinski definition) is 3. The van der Waals surface area contributed by atoms with E-state index in [4.69, 9.17) is 4.74 Å². The van der Waals surface area contributed by atoms with Crippen molar-refractivity contribution < 1.29 is 9.84 Å². The van der Waals surface area contributed by atoms with E-state index in [0.717, 1.165) is 43.2 Å². The molecule has 0 bridgehead atoms. The number of ether oxygens (including phenoxy) is 1. The molecule has 0 aliphatic rings. The SMILES string of the molecule is CCNC(=NCc1ccccc1OCC)NCCCc1ccc(O)cc1.I. The number of guanidine groups is 1. The fourth-order valence-corrected chi connectivity index (χ4v) is 2.60. The van der Waals surface area contributed by atoms with Crippen molar-refractivity contribution in [1.29, 1.82) is 0 Å². The molecule has 0 saturated carbocycles. The van der Waals surface area contributed by atoms with Gasteiger partial charge in [-0.3, -0.25) is 0 Å². The van der Waals surface area contributed by atoms with Gasteiger partial charge in [-0.1, -0.05) is 30.3 Å². The van der Waals surface area contributed by atoms with Crippen LogP contribution in [0.4, 0.5) is 0 Å². The van der Waals surface area contributed by atoms with Crippen molar-refractivity contribution in [2.75, 3.05) is 19.7 Å². The highest BCUT2D eigenvalue weighted by atomic mass is 127. The second kappa shape index (κ2) is 13.2. The Morgan fingerprint density at radius 3 is 2.48 bits per heavy atom. The van der Waals surface area contributed by atoms with Crippen molar-refractivity contribution in [3.63, 3.8) is 0 Å². The summed E-state index contributed by atoms with van der Waals surface area (Å²) >= 11 is 0. The average Bonchev–Trinajstić information content (AvgIpc) is 2.66. The topological polar surface area (TPSA) is 65.9 Å².